The molecule has 0 aromatic carbocycles. The van der Waals surface area contributed by atoms with E-state index >= 15 is 0 Å². The molecule has 2 heterocycles. The van der Waals surface area contributed by atoms with E-state index in [2.05, 4.69) is 15.9 Å². The standard InChI is InChI=1S/C10H12BrNO4S/c1-17(14,15)7-4-5-12(6-7)10(13)8-2-3-9(11)16-8/h2-3,7H,4-6H2,1H3. The summed E-state index contributed by atoms with van der Waals surface area (Å²) in [6, 6.07) is 3.21. The minimum Gasteiger partial charge on any atom is -0.444 e. The van der Waals surface area contributed by atoms with E-state index < -0.39 is 15.1 Å². The van der Waals surface area contributed by atoms with Gasteiger partial charge in [0.25, 0.3) is 5.91 Å². The SMILES string of the molecule is CS(=O)(=O)C1CCN(C(=O)c2ccc(Br)o2)C1. The first-order chi connectivity index (χ1) is 7.88. The van der Waals surface area contributed by atoms with E-state index in [1.165, 1.54) is 11.2 Å². The van der Waals surface area contributed by atoms with Crippen molar-refractivity contribution in [3.8, 4) is 0 Å². The van der Waals surface area contributed by atoms with Gasteiger partial charge in [-0.3, -0.25) is 4.79 Å². The first kappa shape index (κ1) is 12.6. The van der Waals surface area contributed by atoms with Gasteiger partial charge < -0.3 is 9.32 Å². The molecule has 0 spiro atoms. The molecule has 1 aromatic rings. The molecule has 2 rings (SSSR count). The molecule has 0 saturated carbocycles. The molecule has 94 valence electrons. The fourth-order valence-electron chi connectivity index (χ4n) is 1.85. The number of sulfone groups is 1. The predicted molar refractivity (Wildman–Crippen MR) is 65.6 cm³/mol. The number of carbonyl (C=O) groups excluding carboxylic acids is 1. The third-order valence-electron chi connectivity index (χ3n) is 2.82. The second kappa shape index (κ2) is 4.45. The maximum Gasteiger partial charge on any atom is 0.289 e. The first-order valence-electron chi connectivity index (χ1n) is 5.11. The van der Waals surface area contributed by atoms with E-state index in [1.54, 1.807) is 12.1 Å². The van der Waals surface area contributed by atoms with Gasteiger partial charge in [-0.05, 0) is 34.5 Å². The van der Waals surface area contributed by atoms with Crippen molar-refractivity contribution >= 4 is 31.7 Å². The van der Waals surface area contributed by atoms with E-state index in [1.807, 2.05) is 0 Å². The van der Waals surface area contributed by atoms with Crippen molar-refractivity contribution in [1.29, 1.82) is 0 Å². The number of amides is 1. The molecule has 1 aromatic heterocycles. The lowest BCUT2D eigenvalue weighted by Gasteiger charge is -2.14. The van der Waals surface area contributed by atoms with E-state index in [9.17, 15) is 13.2 Å². The van der Waals surface area contributed by atoms with Crippen LogP contribution in [-0.4, -0.2) is 43.8 Å². The van der Waals surface area contributed by atoms with Gasteiger partial charge in [0, 0.05) is 19.3 Å². The Morgan fingerprint density at radius 3 is 2.71 bits per heavy atom. The second-order valence-corrected chi connectivity index (χ2v) is 7.20. The van der Waals surface area contributed by atoms with Crippen LogP contribution in [0.15, 0.2) is 21.2 Å². The summed E-state index contributed by atoms with van der Waals surface area (Å²) in [7, 11) is -3.08. The Morgan fingerprint density at radius 1 is 1.53 bits per heavy atom. The van der Waals surface area contributed by atoms with E-state index in [0.717, 1.165) is 0 Å². The minimum absolute atomic E-state index is 0.228. The van der Waals surface area contributed by atoms with Crippen molar-refractivity contribution in [3.05, 3.63) is 22.6 Å². The lowest BCUT2D eigenvalue weighted by atomic mass is 10.4. The average molecular weight is 322 g/mol. The maximum atomic E-state index is 11.9. The van der Waals surface area contributed by atoms with E-state index in [-0.39, 0.29) is 18.2 Å². The summed E-state index contributed by atoms with van der Waals surface area (Å²) < 4.78 is 28.4. The molecule has 0 radical (unpaired) electrons. The Balaban J connectivity index is 2.09. The van der Waals surface area contributed by atoms with Gasteiger partial charge in [-0.25, -0.2) is 8.42 Å². The molecule has 0 aliphatic carbocycles. The van der Waals surface area contributed by atoms with Gasteiger partial charge in [0.15, 0.2) is 20.3 Å². The van der Waals surface area contributed by atoms with Crippen LogP contribution in [0.1, 0.15) is 17.0 Å². The molecular weight excluding hydrogens is 310 g/mol. The fourth-order valence-corrected chi connectivity index (χ4v) is 3.14. The summed E-state index contributed by atoms with van der Waals surface area (Å²) in [5.74, 6) is -0.0344. The zero-order chi connectivity index (χ0) is 12.6. The molecule has 1 amide bonds. The summed E-state index contributed by atoms with van der Waals surface area (Å²) >= 11 is 3.12. The highest BCUT2D eigenvalue weighted by Gasteiger charge is 2.33. The predicted octanol–water partition coefficient (Wildman–Crippen LogP) is 1.30. The highest BCUT2D eigenvalue weighted by atomic mass is 79.9. The van der Waals surface area contributed by atoms with Crippen LogP contribution in [-0.2, 0) is 9.84 Å². The number of nitrogens with zero attached hydrogens (tertiary/aromatic N) is 1. The summed E-state index contributed by atoms with van der Waals surface area (Å²) in [4.78, 5) is 13.5. The number of likely N-dealkylation sites (tertiary alicyclic amines) is 1. The Bertz CT molecular complexity index is 536. The van der Waals surface area contributed by atoms with Crippen molar-refractivity contribution in [3.63, 3.8) is 0 Å². The van der Waals surface area contributed by atoms with Crippen molar-refractivity contribution in [1.82, 2.24) is 4.90 Å². The molecule has 1 aliphatic rings. The normalized spacial score (nSPS) is 20.8. The number of rotatable bonds is 2. The summed E-state index contributed by atoms with van der Waals surface area (Å²) in [5.41, 5.74) is 0. The minimum atomic E-state index is -3.08. The van der Waals surface area contributed by atoms with Crippen molar-refractivity contribution < 1.29 is 17.6 Å². The molecule has 1 aliphatic heterocycles. The van der Waals surface area contributed by atoms with Crippen LogP contribution in [0.5, 0.6) is 0 Å². The van der Waals surface area contributed by atoms with Gasteiger partial charge in [0.1, 0.15) is 0 Å². The van der Waals surface area contributed by atoms with E-state index in [0.29, 0.717) is 17.6 Å². The number of carbonyl (C=O) groups is 1. The third kappa shape index (κ3) is 2.71. The second-order valence-electron chi connectivity index (χ2n) is 4.10. The number of halogens is 1. The average Bonchev–Trinajstić information content (AvgIpc) is 2.83. The lowest BCUT2D eigenvalue weighted by Crippen LogP contribution is -2.31. The van der Waals surface area contributed by atoms with Gasteiger partial charge >= 0.3 is 0 Å². The molecule has 17 heavy (non-hydrogen) atoms. The molecule has 7 heteroatoms. The largest absolute Gasteiger partial charge is 0.444 e. The Morgan fingerprint density at radius 2 is 2.24 bits per heavy atom. The van der Waals surface area contributed by atoms with Crippen LogP contribution in [0.2, 0.25) is 0 Å². The van der Waals surface area contributed by atoms with Crippen LogP contribution in [0.25, 0.3) is 0 Å². The highest BCUT2D eigenvalue weighted by Crippen LogP contribution is 2.21. The van der Waals surface area contributed by atoms with Gasteiger partial charge in [-0.1, -0.05) is 0 Å². The number of hydrogen-bond acceptors (Lipinski definition) is 4. The van der Waals surface area contributed by atoms with Crippen molar-refractivity contribution in [2.75, 3.05) is 19.3 Å². The summed E-state index contributed by atoms with van der Waals surface area (Å²) in [6.07, 6.45) is 1.70. The molecule has 5 nitrogen and oxygen atoms in total. The van der Waals surface area contributed by atoms with Gasteiger partial charge in [-0.15, -0.1) is 0 Å². The number of hydrogen-bond donors (Lipinski definition) is 0. The molecule has 0 N–H and O–H groups in total. The monoisotopic (exact) mass is 321 g/mol. The quantitative estimate of drug-likeness (QED) is 0.823. The Kier molecular flexibility index (Phi) is 3.31. The summed E-state index contributed by atoms with van der Waals surface area (Å²) in [5, 5.41) is -0.454. The van der Waals surface area contributed by atoms with Crippen LogP contribution >= 0.6 is 15.9 Å². The Hall–Kier alpha value is -0.820. The molecular formula is C10H12BrNO4S. The first-order valence-corrected chi connectivity index (χ1v) is 7.86. The molecule has 1 atom stereocenters. The van der Waals surface area contributed by atoms with Crippen LogP contribution in [0, 0.1) is 0 Å². The van der Waals surface area contributed by atoms with Crippen LogP contribution in [0.4, 0.5) is 0 Å². The molecule has 0 bridgehead atoms. The number of furan rings is 1. The van der Waals surface area contributed by atoms with Crippen molar-refractivity contribution in [2.45, 2.75) is 11.7 Å². The zero-order valence-corrected chi connectivity index (χ0v) is 11.6. The molecule has 1 unspecified atom stereocenters. The molecule has 1 saturated heterocycles. The maximum absolute atomic E-state index is 11.9. The zero-order valence-electron chi connectivity index (χ0n) is 9.22. The topological polar surface area (TPSA) is 67.6 Å². The smallest absolute Gasteiger partial charge is 0.289 e. The molecule has 1 fully saturated rings. The third-order valence-corrected chi connectivity index (χ3v) is 4.84. The fraction of sp³-hybridized carbons (Fsp3) is 0.500. The lowest BCUT2D eigenvalue weighted by molar-refractivity contribution is 0.0760. The van der Waals surface area contributed by atoms with Gasteiger partial charge in [0.05, 0.1) is 5.25 Å². The van der Waals surface area contributed by atoms with Gasteiger partial charge in [-0.2, -0.15) is 0 Å². The van der Waals surface area contributed by atoms with Crippen molar-refractivity contribution in [2.24, 2.45) is 0 Å². The van der Waals surface area contributed by atoms with Crippen LogP contribution in [0.3, 0.4) is 0 Å². The summed E-state index contributed by atoms with van der Waals surface area (Å²) in [6.45, 7) is 0.699. The van der Waals surface area contributed by atoms with Gasteiger partial charge in [0.2, 0.25) is 0 Å². The Labute approximate surface area is 108 Å². The highest BCUT2D eigenvalue weighted by molar-refractivity contribution is 9.10. The van der Waals surface area contributed by atoms with Crippen LogP contribution < -0.4 is 0 Å². The van der Waals surface area contributed by atoms with E-state index in [4.69, 9.17) is 4.42 Å².